The van der Waals surface area contributed by atoms with Crippen molar-refractivity contribution in [1.29, 1.82) is 0 Å². The molecule has 2 rings (SSSR count). The number of methoxy groups -OCH3 is 1. The van der Waals surface area contributed by atoms with Gasteiger partial charge in [-0.05, 0) is 43.0 Å². The van der Waals surface area contributed by atoms with Crippen LogP contribution in [-0.2, 0) is 11.2 Å². The van der Waals surface area contributed by atoms with E-state index in [1.165, 1.54) is 0 Å². The molecule has 0 spiro atoms. The first-order chi connectivity index (χ1) is 8.52. The van der Waals surface area contributed by atoms with Crippen molar-refractivity contribution in [3.8, 4) is 5.75 Å². The molecule has 3 heteroatoms. The normalized spacial score (nSPS) is 25.8. The van der Waals surface area contributed by atoms with E-state index < -0.39 is 11.4 Å². The third-order valence-corrected chi connectivity index (χ3v) is 4.12. The maximum Gasteiger partial charge on any atom is 0.310 e. The summed E-state index contributed by atoms with van der Waals surface area (Å²) in [7, 11) is 1.64. The van der Waals surface area contributed by atoms with Gasteiger partial charge in [-0.25, -0.2) is 0 Å². The molecule has 0 bridgehead atoms. The number of benzene rings is 1. The van der Waals surface area contributed by atoms with Crippen molar-refractivity contribution in [2.75, 3.05) is 7.11 Å². The molecule has 1 N–H and O–H groups in total. The standard InChI is InChI=1S/C15H20O3/c1-4-5-13-12-8-11(18-3)7-6-10(12)9-15(13,2)14(16)17/h6-8,13H,4-5,9H2,1-3H3,(H,16,17)/t13-,15+/m0/s1. The molecule has 3 nitrogen and oxygen atoms in total. The smallest absolute Gasteiger partial charge is 0.310 e. The molecular weight excluding hydrogens is 228 g/mol. The molecule has 0 saturated heterocycles. The van der Waals surface area contributed by atoms with E-state index in [0.29, 0.717) is 6.42 Å². The zero-order chi connectivity index (χ0) is 13.3. The van der Waals surface area contributed by atoms with E-state index in [1.54, 1.807) is 7.11 Å². The first kappa shape index (κ1) is 12.9. The van der Waals surface area contributed by atoms with E-state index in [9.17, 15) is 9.90 Å². The average Bonchev–Trinajstić information content (AvgIpc) is 2.63. The first-order valence-corrected chi connectivity index (χ1v) is 6.43. The molecule has 0 heterocycles. The van der Waals surface area contributed by atoms with Crippen molar-refractivity contribution < 1.29 is 14.6 Å². The predicted octanol–water partition coefficient (Wildman–Crippen LogP) is 3.23. The fourth-order valence-corrected chi connectivity index (χ4v) is 3.03. The van der Waals surface area contributed by atoms with Gasteiger partial charge >= 0.3 is 5.97 Å². The van der Waals surface area contributed by atoms with Crippen molar-refractivity contribution in [3.05, 3.63) is 29.3 Å². The summed E-state index contributed by atoms with van der Waals surface area (Å²) in [6, 6.07) is 5.92. The summed E-state index contributed by atoms with van der Waals surface area (Å²) in [6.45, 7) is 3.96. The van der Waals surface area contributed by atoms with Crippen LogP contribution in [0.5, 0.6) is 5.75 Å². The number of aliphatic carboxylic acids is 1. The van der Waals surface area contributed by atoms with Crippen LogP contribution in [-0.4, -0.2) is 18.2 Å². The van der Waals surface area contributed by atoms with Crippen LogP contribution in [0.15, 0.2) is 18.2 Å². The van der Waals surface area contributed by atoms with Crippen LogP contribution in [0.4, 0.5) is 0 Å². The molecule has 1 aliphatic carbocycles. The first-order valence-electron chi connectivity index (χ1n) is 6.43. The Morgan fingerprint density at radius 3 is 2.83 bits per heavy atom. The molecule has 98 valence electrons. The number of carbonyl (C=O) groups is 1. The maximum absolute atomic E-state index is 11.6. The highest BCUT2D eigenvalue weighted by molar-refractivity contribution is 5.78. The second-order valence-corrected chi connectivity index (χ2v) is 5.31. The van der Waals surface area contributed by atoms with Crippen LogP contribution in [0.3, 0.4) is 0 Å². The number of carboxylic acids is 1. The summed E-state index contributed by atoms with van der Waals surface area (Å²) in [5, 5.41) is 9.54. The van der Waals surface area contributed by atoms with Gasteiger partial charge in [-0.3, -0.25) is 4.79 Å². The van der Waals surface area contributed by atoms with Crippen molar-refractivity contribution >= 4 is 5.97 Å². The van der Waals surface area contributed by atoms with Crippen molar-refractivity contribution in [2.24, 2.45) is 5.41 Å². The highest BCUT2D eigenvalue weighted by Gasteiger charge is 2.47. The minimum atomic E-state index is -0.698. The molecule has 0 amide bonds. The number of carboxylic acid groups (broad SMARTS) is 1. The van der Waals surface area contributed by atoms with E-state index in [-0.39, 0.29) is 5.92 Å². The molecule has 0 aliphatic heterocycles. The molecule has 0 unspecified atom stereocenters. The van der Waals surface area contributed by atoms with E-state index >= 15 is 0 Å². The number of fused-ring (bicyclic) bond motifs is 1. The quantitative estimate of drug-likeness (QED) is 0.889. The van der Waals surface area contributed by atoms with Gasteiger partial charge in [0.05, 0.1) is 12.5 Å². The van der Waals surface area contributed by atoms with Gasteiger partial charge < -0.3 is 9.84 Å². The Bertz CT molecular complexity index is 467. The highest BCUT2D eigenvalue weighted by atomic mass is 16.5. The summed E-state index contributed by atoms with van der Waals surface area (Å²) in [5.74, 6) is 0.200. The lowest BCUT2D eigenvalue weighted by Crippen LogP contribution is -2.32. The SMILES string of the molecule is CCC[C@H]1c2cc(OC)ccc2C[C@@]1(C)C(=O)O. The van der Waals surface area contributed by atoms with E-state index in [1.807, 2.05) is 25.1 Å². The molecule has 0 saturated carbocycles. The van der Waals surface area contributed by atoms with Gasteiger partial charge in [0.25, 0.3) is 0 Å². The number of ether oxygens (including phenoxy) is 1. The van der Waals surface area contributed by atoms with Crippen molar-refractivity contribution in [2.45, 2.75) is 39.0 Å². The Kier molecular flexibility index (Phi) is 3.33. The van der Waals surface area contributed by atoms with Crippen LogP contribution in [0, 0.1) is 5.41 Å². The zero-order valence-electron chi connectivity index (χ0n) is 11.2. The summed E-state index contributed by atoms with van der Waals surface area (Å²) < 4.78 is 5.25. The summed E-state index contributed by atoms with van der Waals surface area (Å²) in [6.07, 6.45) is 2.51. The fourth-order valence-electron chi connectivity index (χ4n) is 3.03. The minimum Gasteiger partial charge on any atom is -0.497 e. The van der Waals surface area contributed by atoms with Gasteiger partial charge in [-0.1, -0.05) is 19.4 Å². The Labute approximate surface area is 108 Å². The third kappa shape index (κ3) is 1.88. The number of rotatable bonds is 4. The lowest BCUT2D eigenvalue weighted by molar-refractivity contribution is -0.148. The third-order valence-electron chi connectivity index (χ3n) is 4.12. The Morgan fingerprint density at radius 1 is 1.56 bits per heavy atom. The summed E-state index contributed by atoms with van der Waals surface area (Å²) in [4.78, 5) is 11.6. The molecule has 18 heavy (non-hydrogen) atoms. The van der Waals surface area contributed by atoms with Crippen molar-refractivity contribution in [3.63, 3.8) is 0 Å². The van der Waals surface area contributed by atoms with Crippen LogP contribution in [0.1, 0.15) is 43.7 Å². The monoisotopic (exact) mass is 248 g/mol. The second kappa shape index (κ2) is 4.63. The highest BCUT2D eigenvalue weighted by Crippen LogP contribution is 2.50. The lowest BCUT2D eigenvalue weighted by Gasteiger charge is -2.27. The van der Waals surface area contributed by atoms with E-state index in [0.717, 1.165) is 29.7 Å². The molecule has 0 radical (unpaired) electrons. The van der Waals surface area contributed by atoms with Crippen LogP contribution in [0.2, 0.25) is 0 Å². The topological polar surface area (TPSA) is 46.5 Å². The summed E-state index contributed by atoms with van der Waals surface area (Å²) >= 11 is 0. The second-order valence-electron chi connectivity index (χ2n) is 5.31. The zero-order valence-corrected chi connectivity index (χ0v) is 11.2. The molecule has 1 aromatic rings. The van der Waals surface area contributed by atoms with Crippen LogP contribution in [0.25, 0.3) is 0 Å². The molecule has 1 aromatic carbocycles. The molecule has 0 aromatic heterocycles. The van der Waals surface area contributed by atoms with Gasteiger partial charge in [-0.15, -0.1) is 0 Å². The van der Waals surface area contributed by atoms with Crippen LogP contribution >= 0.6 is 0 Å². The van der Waals surface area contributed by atoms with E-state index in [2.05, 4.69) is 6.92 Å². The van der Waals surface area contributed by atoms with Gasteiger partial charge in [-0.2, -0.15) is 0 Å². The largest absolute Gasteiger partial charge is 0.497 e. The lowest BCUT2D eigenvalue weighted by atomic mass is 9.75. The van der Waals surface area contributed by atoms with Crippen LogP contribution < -0.4 is 4.74 Å². The molecule has 2 atom stereocenters. The van der Waals surface area contributed by atoms with E-state index in [4.69, 9.17) is 4.74 Å². The Morgan fingerprint density at radius 2 is 2.28 bits per heavy atom. The molecule has 0 fully saturated rings. The average molecular weight is 248 g/mol. The van der Waals surface area contributed by atoms with Gasteiger partial charge in [0.15, 0.2) is 0 Å². The van der Waals surface area contributed by atoms with Gasteiger partial charge in [0.2, 0.25) is 0 Å². The molecule has 1 aliphatic rings. The molecular formula is C15H20O3. The maximum atomic E-state index is 11.6. The summed E-state index contributed by atoms with van der Waals surface area (Å²) in [5.41, 5.74) is 1.63. The van der Waals surface area contributed by atoms with Gasteiger partial charge in [0, 0.05) is 5.92 Å². The number of hydrogen-bond donors (Lipinski definition) is 1. The van der Waals surface area contributed by atoms with Crippen molar-refractivity contribution in [1.82, 2.24) is 0 Å². The fraction of sp³-hybridized carbons (Fsp3) is 0.533. The minimum absolute atomic E-state index is 0.0881. The number of hydrogen-bond acceptors (Lipinski definition) is 2. The Balaban J connectivity index is 2.47. The van der Waals surface area contributed by atoms with Gasteiger partial charge in [0.1, 0.15) is 5.75 Å². The Hall–Kier alpha value is -1.51. The predicted molar refractivity (Wildman–Crippen MR) is 70.1 cm³/mol.